The van der Waals surface area contributed by atoms with Gasteiger partial charge in [0.15, 0.2) is 0 Å². The largest absolute Gasteiger partial charge is 2.00 e. The van der Waals surface area contributed by atoms with Gasteiger partial charge in [0.05, 0.1) is 0 Å². The van der Waals surface area contributed by atoms with Crippen molar-refractivity contribution in [2.75, 3.05) is 19.0 Å². The van der Waals surface area contributed by atoms with Gasteiger partial charge in [-0.2, -0.15) is 0 Å². The van der Waals surface area contributed by atoms with Gasteiger partial charge < -0.3 is 22.3 Å². The third kappa shape index (κ3) is 2.08. The molecule has 0 saturated carbocycles. The minimum absolute atomic E-state index is 0. The van der Waals surface area contributed by atoms with E-state index in [4.69, 9.17) is 0 Å². The number of pyridine rings is 1. The van der Waals surface area contributed by atoms with Crippen LogP contribution in [0, 0.1) is 7.43 Å². The van der Waals surface area contributed by atoms with Crippen LogP contribution in [0.4, 0.5) is 5.69 Å². The molecule has 0 spiro atoms. The predicted octanol–water partition coefficient (Wildman–Crippen LogP) is 1.71. The topological polar surface area (TPSA) is 30.2 Å². The van der Waals surface area contributed by atoms with Crippen molar-refractivity contribution >= 4 is 16.7 Å². The van der Waals surface area contributed by atoms with Gasteiger partial charge >= 0.3 is 17.1 Å². The van der Waals surface area contributed by atoms with Crippen LogP contribution >= 0.6 is 0 Å². The van der Waals surface area contributed by atoms with Crippen molar-refractivity contribution in [1.29, 1.82) is 0 Å². The molecule has 0 saturated heterocycles. The van der Waals surface area contributed by atoms with E-state index < -0.39 is 0 Å². The molecule has 0 aliphatic heterocycles. The van der Waals surface area contributed by atoms with Crippen LogP contribution in [0.15, 0.2) is 24.5 Å². The van der Waals surface area contributed by atoms with Gasteiger partial charge in [-0.1, -0.05) is 18.5 Å². The Kier molecular flexibility index (Phi) is 4.68. The Bertz CT molecular complexity index is 395. The van der Waals surface area contributed by atoms with Gasteiger partial charge in [0.2, 0.25) is 0 Å². The van der Waals surface area contributed by atoms with Gasteiger partial charge in [-0.15, -0.1) is 0 Å². The van der Waals surface area contributed by atoms with Gasteiger partial charge in [0, 0.05) is 19.8 Å². The SMILES string of the molecule is CN(C)c1ccnc2[n-]ccc12.[CH3-].[Mn+2]. The smallest absolute Gasteiger partial charge is 0.442 e. The van der Waals surface area contributed by atoms with Crippen LogP contribution in [0.5, 0.6) is 0 Å². The van der Waals surface area contributed by atoms with E-state index in [2.05, 4.69) is 14.9 Å². The van der Waals surface area contributed by atoms with E-state index in [1.165, 1.54) is 0 Å². The number of fused-ring (bicyclic) bond motifs is 1. The van der Waals surface area contributed by atoms with Crippen LogP contribution in [-0.4, -0.2) is 19.1 Å². The Morgan fingerprint density at radius 2 is 2.00 bits per heavy atom. The fraction of sp³-hybridized carbons (Fsp3) is 0.200. The second-order valence-corrected chi connectivity index (χ2v) is 2.91. The molecule has 3 nitrogen and oxygen atoms in total. The predicted molar refractivity (Wildman–Crippen MR) is 55.8 cm³/mol. The summed E-state index contributed by atoms with van der Waals surface area (Å²) < 4.78 is 0. The summed E-state index contributed by atoms with van der Waals surface area (Å²) in [5.74, 6) is 0. The molecule has 0 aliphatic rings. The maximum atomic E-state index is 4.15. The van der Waals surface area contributed by atoms with Crippen molar-refractivity contribution in [2.45, 2.75) is 0 Å². The average Bonchev–Trinajstić information content (AvgIpc) is 2.49. The molecule has 75 valence electrons. The first-order valence-electron chi connectivity index (χ1n) is 3.83. The molecule has 2 aromatic rings. The standard InChI is InChI=1S/C9H10N3.CH3.Mn/c1-12(2)8-4-6-11-9-7(8)3-5-10-9;;/h3-6H,1-2H3;1H3;/q2*-1;+2. The summed E-state index contributed by atoms with van der Waals surface area (Å²) in [6.07, 6.45) is 3.56. The summed E-state index contributed by atoms with van der Waals surface area (Å²) >= 11 is 0. The van der Waals surface area contributed by atoms with Crippen LogP contribution in [0.25, 0.3) is 11.0 Å². The van der Waals surface area contributed by atoms with Crippen LogP contribution < -0.4 is 9.88 Å². The zero-order valence-electron chi connectivity index (χ0n) is 8.53. The fourth-order valence-corrected chi connectivity index (χ4v) is 1.29. The molecule has 0 unspecified atom stereocenters. The molecule has 2 aromatic heterocycles. The number of nitrogens with zero attached hydrogens (tertiary/aromatic N) is 3. The Labute approximate surface area is 95.0 Å². The Hall–Kier alpha value is -0.991. The fourth-order valence-electron chi connectivity index (χ4n) is 1.29. The third-order valence-electron chi connectivity index (χ3n) is 1.87. The van der Waals surface area contributed by atoms with Crippen molar-refractivity contribution in [2.24, 2.45) is 0 Å². The first-order chi connectivity index (χ1) is 5.79. The van der Waals surface area contributed by atoms with Gasteiger partial charge in [-0.3, -0.25) is 0 Å². The summed E-state index contributed by atoms with van der Waals surface area (Å²) in [5, 5.41) is 1.11. The van der Waals surface area contributed by atoms with E-state index in [0.29, 0.717) is 0 Å². The molecule has 0 fully saturated rings. The summed E-state index contributed by atoms with van der Waals surface area (Å²) in [7, 11) is 4.03. The Morgan fingerprint density at radius 1 is 1.29 bits per heavy atom. The molecule has 0 amide bonds. The van der Waals surface area contributed by atoms with Crippen LogP contribution in [0.2, 0.25) is 0 Å². The summed E-state index contributed by atoms with van der Waals surface area (Å²) in [6, 6.07) is 3.97. The van der Waals surface area contributed by atoms with Crippen molar-refractivity contribution < 1.29 is 17.1 Å². The number of hydrogen-bond donors (Lipinski definition) is 0. The molecule has 14 heavy (non-hydrogen) atoms. The van der Waals surface area contributed by atoms with Crippen LogP contribution in [-0.2, 0) is 17.1 Å². The zero-order valence-corrected chi connectivity index (χ0v) is 9.71. The zero-order chi connectivity index (χ0) is 8.55. The molecule has 0 atom stereocenters. The molecular weight excluding hydrogens is 217 g/mol. The molecule has 0 bridgehead atoms. The maximum absolute atomic E-state index is 4.15. The van der Waals surface area contributed by atoms with Gasteiger partial charge in [0.25, 0.3) is 0 Å². The van der Waals surface area contributed by atoms with E-state index in [9.17, 15) is 0 Å². The first kappa shape index (κ1) is 13.0. The van der Waals surface area contributed by atoms with E-state index in [-0.39, 0.29) is 24.5 Å². The molecule has 2 rings (SSSR count). The molecule has 0 aliphatic carbocycles. The minimum atomic E-state index is 0. The van der Waals surface area contributed by atoms with E-state index in [1.54, 1.807) is 12.4 Å². The molecule has 2 heterocycles. The van der Waals surface area contributed by atoms with E-state index in [0.717, 1.165) is 16.7 Å². The van der Waals surface area contributed by atoms with Crippen molar-refractivity contribution in [3.8, 4) is 0 Å². The quantitative estimate of drug-likeness (QED) is 0.551. The number of rotatable bonds is 1. The molecule has 0 aromatic carbocycles. The van der Waals surface area contributed by atoms with Crippen LogP contribution in [0.1, 0.15) is 0 Å². The molecule has 4 heteroatoms. The number of hydrogen-bond acceptors (Lipinski definition) is 2. The number of anilines is 1. The second-order valence-electron chi connectivity index (χ2n) is 2.91. The Morgan fingerprint density at radius 3 is 2.64 bits per heavy atom. The molecular formula is C10H13MnN3. The third-order valence-corrected chi connectivity index (χ3v) is 1.87. The van der Waals surface area contributed by atoms with Gasteiger partial charge in [0.1, 0.15) is 0 Å². The van der Waals surface area contributed by atoms with E-state index in [1.807, 2.05) is 26.2 Å². The van der Waals surface area contributed by atoms with Crippen molar-refractivity contribution in [3.05, 3.63) is 32.0 Å². The molecule has 1 radical (unpaired) electrons. The minimum Gasteiger partial charge on any atom is -0.442 e. The summed E-state index contributed by atoms with van der Waals surface area (Å²) in [6.45, 7) is 0. The van der Waals surface area contributed by atoms with Crippen LogP contribution in [0.3, 0.4) is 0 Å². The average molecular weight is 230 g/mol. The first-order valence-corrected chi connectivity index (χ1v) is 3.83. The maximum Gasteiger partial charge on any atom is 2.00 e. The Balaban J connectivity index is 0.000000845. The normalized spacial score (nSPS) is 9.00. The van der Waals surface area contributed by atoms with Crippen molar-refractivity contribution in [1.82, 2.24) is 9.97 Å². The summed E-state index contributed by atoms with van der Waals surface area (Å²) in [4.78, 5) is 10.3. The molecule has 0 N–H and O–H groups in total. The number of aromatic nitrogens is 2. The summed E-state index contributed by atoms with van der Waals surface area (Å²) in [5.41, 5.74) is 1.98. The van der Waals surface area contributed by atoms with Gasteiger partial charge in [-0.05, 0) is 17.1 Å². The van der Waals surface area contributed by atoms with Gasteiger partial charge in [-0.25, -0.2) is 0 Å². The monoisotopic (exact) mass is 230 g/mol. The van der Waals surface area contributed by atoms with Crippen molar-refractivity contribution in [3.63, 3.8) is 0 Å². The van der Waals surface area contributed by atoms with E-state index >= 15 is 0 Å². The second kappa shape index (κ2) is 5.03.